The van der Waals surface area contributed by atoms with E-state index in [1.165, 1.54) is 19.3 Å². The van der Waals surface area contributed by atoms with Crippen molar-refractivity contribution in [1.82, 2.24) is 5.32 Å². The fraction of sp³-hybridized carbons (Fsp3) is 1.00. The van der Waals surface area contributed by atoms with Crippen LogP contribution in [0, 0.1) is 0 Å². The summed E-state index contributed by atoms with van der Waals surface area (Å²) in [5.74, 6) is 0.770. The maximum Gasteiger partial charge on any atom is 0.0383 e. The topological polar surface area (TPSA) is 29.1 Å². The van der Waals surface area contributed by atoms with Gasteiger partial charge < -0.3 is 5.32 Å². The quantitative estimate of drug-likeness (QED) is 0.618. The molecule has 0 aromatic carbocycles. The van der Waals surface area contributed by atoms with Crippen molar-refractivity contribution in [3.05, 3.63) is 0 Å². The van der Waals surface area contributed by atoms with Crippen molar-refractivity contribution in [2.24, 2.45) is 0 Å². The molecule has 0 aliphatic carbocycles. The summed E-state index contributed by atoms with van der Waals surface area (Å²) < 4.78 is 10.8. The van der Waals surface area contributed by atoms with Crippen LogP contribution in [0.3, 0.4) is 0 Å². The third kappa shape index (κ3) is 8.21. The monoisotopic (exact) mass is 191 g/mol. The van der Waals surface area contributed by atoms with E-state index >= 15 is 0 Å². The highest BCUT2D eigenvalue weighted by Gasteiger charge is 2.01. The van der Waals surface area contributed by atoms with Crippen LogP contribution in [0.4, 0.5) is 0 Å². The normalized spacial score (nSPS) is 15.9. The maximum absolute atomic E-state index is 10.8. The summed E-state index contributed by atoms with van der Waals surface area (Å²) in [4.78, 5) is 0. The smallest absolute Gasteiger partial charge is 0.0383 e. The Hall–Kier alpha value is 0.110. The van der Waals surface area contributed by atoms with E-state index in [0.717, 1.165) is 12.3 Å². The molecule has 12 heavy (non-hydrogen) atoms. The van der Waals surface area contributed by atoms with Gasteiger partial charge >= 0.3 is 0 Å². The van der Waals surface area contributed by atoms with Crippen molar-refractivity contribution < 1.29 is 4.21 Å². The van der Waals surface area contributed by atoms with Crippen LogP contribution in [0.25, 0.3) is 0 Å². The van der Waals surface area contributed by atoms with Gasteiger partial charge in [-0.25, -0.2) is 0 Å². The first-order valence-corrected chi connectivity index (χ1v) is 6.43. The average molecular weight is 191 g/mol. The molecular weight excluding hydrogens is 170 g/mol. The molecule has 0 aliphatic heterocycles. The summed E-state index contributed by atoms with van der Waals surface area (Å²) in [6, 6.07) is 0.396. The molecule has 0 aromatic heterocycles. The molecule has 0 radical (unpaired) electrons. The van der Waals surface area contributed by atoms with Crippen molar-refractivity contribution in [3.8, 4) is 0 Å². The molecule has 3 heteroatoms. The number of unbranched alkanes of at least 4 members (excludes halogenated alkanes) is 2. The van der Waals surface area contributed by atoms with Gasteiger partial charge in [-0.3, -0.25) is 4.21 Å². The van der Waals surface area contributed by atoms with E-state index in [9.17, 15) is 4.21 Å². The minimum atomic E-state index is -0.665. The zero-order valence-corrected chi connectivity index (χ0v) is 9.25. The Kier molecular flexibility index (Phi) is 7.81. The summed E-state index contributed by atoms with van der Waals surface area (Å²) >= 11 is 0. The SMILES string of the molecule is CCCCCNC(C)CS(C)=O. The fourth-order valence-electron chi connectivity index (χ4n) is 1.13. The number of hydrogen-bond acceptors (Lipinski definition) is 2. The van der Waals surface area contributed by atoms with Gasteiger partial charge in [0.15, 0.2) is 0 Å². The Labute approximate surface area is 78.6 Å². The van der Waals surface area contributed by atoms with Gasteiger partial charge in [-0.2, -0.15) is 0 Å². The fourth-order valence-corrected chi connectivity index (χ4v) is 1.96. The molecule has 0 heterocycles. The van der Waals surface area contributed by atoms with Gasteiger partial charge in [0.05, 0.1) is 0 Å². The first-order valence-electron chi connectivity index (χ1n) is 4.70. The summed E-state index contributed by atoms with van der Waals surface area (Å²) in [6.45, 7) is 5.35. The lowest BCUT2D eigenvalue weighted by Crippen LogP contribution is -2.31. The van der Waals surface area contributed by atoms with E-state index in [2.05, 4.69) is 19.2 Å². The molecule has 0 amide bonds. The minimum absolute atomic E-state index is 0.396. The zero-order valence-electron chi connectivity index (χ0n) is 8.43. The van der Waals surface area contributed by atoms with Crippen molar-refractivity contribution in [3.63, 3.8) is 0 Å². The van der Waals surface area contributed by atoms with Crippen LogP contribution in [0.5, 0.6) is 0 Å². The Bertz CT molecular complexity index is 128. The molecule has 0 bridgehead atoms. The van der Waals surface area contributed by atoms with Crippen LogP contribution in [0.1, 0.15) is 33.1 Å². The molecule has 74 valence electrons. The third-order valence-electron chi connectivity index (χ3n) is 1.76. The summed E-state index contributed by atoms with van der Waals surface area (Å²) in [5.41, 5.74) is 0. The van der Waals surface area contributed by atoms with Crippen LogP contribution in [-0.4, -0.2) is 28.8 Å². The number of hydrogen-bond donors (Lipinski definition) is 1. The van der Waals surface area contributed by atoms with Crippen molar-refractivity contribution in [1.29, 1.82) is 0 Å². The summed E-state index contributed by atoms with van der Waals surface area (Å²) in [5, 5.41) is 3.36. The van der Waals surface area contributed by atoms with E-state index < -0.39 is 10.8 Å². The molecule has 0 spiro atoms. The first-order chi connectivity index (χ1) is 5.66. The molecule has 0 saturated carbocycles. The second-order valence-electron chi connectivity index (χ2n) is 3.30. The van der Waals surface area contributed by atoms with Crippen molar-refractivity contribution in [2.45, 2.75) is 39.2 Å². The second kappa shape index (κ2) is 7.74. The van der Waals surface area contributed by atoms with Gasteiger partial charge in [0.2, 0.25) is 0 Å². The number of nitrogens with one attached hydrogen (secondary N) is 1. The van der Waals surface area contributed by atoms with Gasteiger partial charge in [0.25, 0.3) is 0 Å². The Morgan fingerprint density at radius 3 is 2.58 bits per heavy atom. The van der Waals surface area contributed by atoms with Gasteiger partial charge in [0.1, 0.15) is 0 Å². The molecule has 1 N–H and O–H groups in total. The van der Waals surface area contributed by atoms with E-state index in [0.29, 0.717) is 6.04 Å². The highest BCUT2D eigenvalue weighted by Crippen LogP contribution is 1.92. The van der Waals surface area contributed by atoms with E-state index in [-0.39, 0.29) is 0 Å². The van der Waals surface area contributed by atoms with E-state index in [4.69, 9.17) is 0 Å². The van der Waals surface area contributed by atoms with Crippen LogP contribution in [-0.2, 0) is 10.8 Å². The lowest BCUT2D eigenvalue weighted by atomic mass is 10.2. The third-order valence-corrected chi connectivity index (χ3v) is 2.73. The van der Waals surface area contributed by atoms with Crippen molar-refractivity contribution in [2.75, 3.05) is 18.6 Å². The largest absolute Gasteiger partial charge is 0.313 e. The molecule has 0 fully saturated rings. The molecular formula is C9H21NOS. The van der Waals surface area contributed by atoms with Gasteiger partial charge in [-0.15, -0.1) is 0 Å². The standard InChI is InChI=1S/C9H21NOS/c1-4-5-6-7-10-9(2)8-12(3)11/h9-10H,4-8H2,1-3H3. The van der Waals surface area contributed by atoms with Crippen LogP contribution < -0.4 is 5.32 Å². The molecule has 0 saturated heterocycles. The number of rotatable bonds is 7. The highest BCUT2D eigenvalue weighted by molar-refractivity contribution is 7.84. The predicted octanol–water partition coefficient (Wildman–Crippen LogP) is 1.53. The second-order valence-corrected chi connectivity index (χ2v) is 4.78. The molecule has 0 rings (SSSR count). The lowest BCUT2D eigenvalue weighted by molar-refractivity contribution is 0.555. The van der Waals surface area contributed by atoms with Crippen molar-refractivity contribution >= 4 is 10.8 Å². The summed E-state index contributed by atoms with van der Waals surface area (Å²) in [6.07, 6.45) is 5.53. The Morgan fingerprint density at radius 1 is 1.42 bits per heavy atom. The lowest BCUT2D eigenvalue weighted by Gasteiger charge is -2.11. The Balaban J connectivity index is 3.19. The first kappa shape index (κ1) is 12.1. The predicted molar refractivity (Wildman–Crippen MR) is 55.9 cm³/mol. The van der Waals surface area contributed by atoms with Crippen LogP contribution in [0.2, 0.25) is 0 Å². The van der Waals surface area contributed by atoms with Gasteiger partial charge in [0, 0.05) is 28.9 Å². The zero-order chi connectivity index (χ0) is 9.40. The minimum Gasteiger partial charge on any atom is -0.313 e. The van der Waals surface area contributed by atoms with E-state index in [1.54, 1.807) is 6.26 Å². The average Bonchev–Trinajstić information content (AvgIpc) is 1.97. The Morgan fingerprint density at radius 2 is 2.08 bits per heavy atom. The molecule has 0 aliphatic rings. The highest BCUT2D eigenvalue weighted by atomic mass is 32.2. The summed E-state index contributed by atoms with van der Waals surface area (Å²) in [7, 11) is -0.665. The maximum atomic E-state index is 10.8. The van der Waals surface area contributed by atoms with Gasteiger partial charge in [-0.1, -0.05) is 19.8 Å². The van der Waals surface area contributed by atoms with E-state index in [1.807, 2.05) is 0 Å². The molecule has 2 unspecified atom stereocenters. The van der Waals surface area contributed by atoms with Crippen LogP contribution >= 0.6 is 0 Å². The molecule has 0 aromatic rings. The van der Waals surface area contributed by atoms with Gasteiger partial charge in [-0.05, 0) is 19.9 Å². The van der Waals surface area contributed by atoms with Crippen LogP contribution in [0.15, 0.2) is 0 Å². The molecule has 2 atom stereocenters. The molecule has 2 nitrogen and oxygen atoms in total.